The number of halogens is 1. The molecule has 2 heterocycles. The van der Waals surface area contributed by atoms with Crippen LogP contribution >= 0.6 is 27.3 Å². The zero-order chi connectivity index (χ0) is 21.0. The van der Waals surface area contributed by atoms with Gasteiger partial charge < -0.3 is 19.5 Å². The van der Waals surface area contributed by atoms with E-state index in [1.165, 1.54) is 12.0 Å². The van der Waals surface area contributed by atoms with Crippen LogP contribution in [0.25, 0.3) is 10.9 Å². The van der Waals surface area contributed by atoms with Crippen LogP contribution in [0.4, 0.5) is 5.82 Å². The van der Waals surface area contributed by atoms with E-state index in [0.717, 1.165) is 21.2 Å². The first kappa shape index (κ1) is 21.3. The number of methoxy groups -OCH3 is 2. The van der Waals surface area contributed by atoms with Gasteiger partial charge in [-0.1, -0.05) is 0 Å². The number of nitrogens with one attached hydrogen (secondary N) is 1. The highest BCUT2D eigenvalue weighted by atomic mass is 79.9. The van der Waals surface area contributed by atoms with E-state index in [-0.39, 0.29) is 25.0 Å². The molecule has 2 aromatic heterocycles. The third kappa shape index (κ3) is 5.16. The molecule has 7 nitrogen and oxygen atoms in total. The molecule has 0 saturated carbocycles. The van der Waals surface area contributed by atoms with E-state index < -0.39 is 0 Å². The number of esters is 1. The number of aromatic nitrogens is 2. The molecule has 0 fully saturated rings. The zero-order valence-electron chi connectivity index (χ0n) is 16.6. The molecule has 0 radical (unpaired) electrons. The molecule has 0 aliphatic carbocycles. The first-order valence-electron chi connectivity index (χ1n) is 8.97. The maximum Gasteiger partial charge on any atom is 0.308 e. The lowest BCUT2D eigenvalue weighted by Gasteiger charge is -2.17. The van der Waals surface area contributed by atoms with Crippen LogP contribution in [-0.2, 0) is 9.53 Å². The van der Waals surface area contributed by atoms with Gasteiger partial charge in [-0.05, 0) is 41.9 Å². The van der Waals surface area contributed by atoms with Crippen LogP contribution < -0.4 is 14.8 Å². The molecule has 1 aromatic carbocycles. The van der Waals surface area contributed by atoms with Crippen molar-refractivity contribution in [3.63, 3.8) is 0 Å². The molecule has 0 saturated heterocycles. The first-order chi connectivity index (χ1) is 13.9. The van der Waals surface area contributed by atoms with Crippen LogP contribution in [0.3, 0.4) is 0 Å². The highest BCUT2D eigenvalue weighted by molar-refractivity contribution is 9.10. The summed E-state index contributed by atoms with van der Waals surface area (Å²) in [7, 11) is 2.92. The molecule has 1 N–H and O–H groups in total. The molecule has 0 amide bonds. The van der Waals surface area contributed by atoms with Gasteiger partial charge in [-0.3, -0.25) is 4.79 Å². The third-order valence-corrected chi connectivity index (χ3v) is 6.13. The van der Waals surface area contributed by atoms with Gasteiger partial charge in [0.1, 0.15) is 11.6 Å². The summed E-state index contributed by atoms with van der Waals surface area (Å²) >= 11 is 5.17. The monoisotopic (exact) mass is 479 g/mol. The van der Waals surface area contributed by atoms with Crippen LogP contribution in [0.15, 0.2) is 28.1 Å². The fourth-order valence-electron chi connectivity index (χ4n) is 2.81. The Balaban J connectivity index is 1.91. The van der Waals surface area contributed by atoms with Crippen LogP contribution in [0.1, 0.15) is 30.1 Å². The van der Waals surface area contributed by atoms with Crippen molar-refractivity contribution in [2.24, 2.45) is 0 Å². The van der Waals surface area contributed by atoms with Crippen molar-refractivity contribution in [1.29, 1.82) is 0 Å². The van der Waals surface area contributed by atoms with E-state index in [4.69, 9.17) is 9.47 Å². The Morgan fingerprint density at radius 1 is 1.24 bits per heavy atom. The lowest BCUT2D eigenvalue weighted by Crippen LogP contribution is -2.09. The second kappa shape index (κ2) is 9.41. The summed E-state index contributed by atoms with van der Waals surface area (Å²) in [6.07, 6.45) is 0.154. The van der Waals surface area contributed by atoms with Crippen molar-refractivity contribution < 1.29 is 19.0 Å². The van der Waals surface area contributed by atoms with Gasteiger partial charge in [0.05, 0.1) is 38.8 Å². The minimum absolute atomic E-state index is 0.0748. The summed E-state index contributed by atoms with van der Waals surface area (Å²) in [5, 5.41) is 6.36. The fourth-order valence-corrected chi connectivity index (χ4v) is 4.27. The van der Waals surface area contributed by atoms with Gasteiger partial charge >= 0.3 is 5.97 Å². The summed E-state index contributed by atoms with van der Waals surface area (Å²) in [6.45, 7) is 4.12. The molecule has 0 bridgehead atoms. The van der Waals surface area contributed by atoms with Gasteiger partial charge in [0.15, 0.2) is 11.5 Å². The van der Waals surface area contributed by atoms with Crippen molar-refractivity contribution in [3.05, 3.63) is 38.8 Å². The van der Waals surface area contributed by atoms with Gasteiger partial charge in [0, 0.05) is 26.2 Å². The van der Waals surface area contributed by atoms with E-state index >= 15 is 0 Å². The minimum Gasteiger partial charge on any atom is -0.493 e. The summed E-state index contributed by atoms with van der Waals surface area (Å²) in [5.41, 5.74) is 0.730. The molecule has 0 spiro atoms. The molecular formula is C20H22BrN3O4S. The summed E-state index contributed by atoms with van der Waals surface area (Å²) < 4.78 is 16.9. The minimum atomic E-state index is -0.330. The van der Waals surface area contributed by atoms with Gasteiger partial charge in [-0.2, -0.15) is 0 Å². The molecule has 0 aliphatic rings. The normalized spacial score (nSPS) is 11.9. The average molecular weight is 480 g/mol. The summed E-state index contributed by atoms with van der Waals surface area (Å²) in [4.78, 5) is 21.6. The molecule has 3 rings (SSSR count). The number of benzene rings is 1. The van der Waals surface area contributed by atoms with Gasteiger partial charge in [0.2, 0.25) is 0 Å². The van der Waals surface area contributed by atoms with Gasteiger partial charge in [-0.25, -0.2) is 9.97 Å². The Hall–Kier alpha value is -2.39. The number of carbonyl (C=O) groups excluding carboxylic acids is 1. The standard InChI is InChI=1S/C20H22BrN3O4S/c1-11(18-7-13(21)10-29-18)22-20-14-8-16(26-3)17(28-6-5-19(25)27-4)9-15(14)23-12(2)24-20/h7-11H,5-6H2,1-4H3,(H,22,23,24). The predicted octanol–water partition coefficient (Wildman–Crippen LogP) is 4.89. The van der Waals surface area contributed by atoms with Crippen LogP contribution in [-0.4, -0.2) is 36.8 Å². The molecule has 9 heteroatoms. The second-order valence-corrected chi connectivity index (χ2v) is 8.21. The van der Waals surface area contributed by atoms with E-state index in [2.05, 4.69) is 54.3 Å². The van der Waals surface area contributed by atoms with Gasteiger partial charge in [0.25, 0.3) is 0 Å². The van der Waals surface area contributed by atoms with Crippen molar-refractivity contribution in [2.45, 2.75) is 26.3 Å². The number of hydrogen-bond acceptors (Lipinski definition) is 8. The lowest BCUT2D eigenvalue weighted by molar-refractivity contribution is -0.141. The number of fused-ring (bicyclic) bond motifs is 1. The molecule has 3 aromatic rings. The number of hydrogen-bond donors (Lipinski definition) is 1. The second-order valence-electron chi connectivity index (χ2n) is 6.35. The molecule has 1 unspecified atom stereocenters. The third-order valence-electron chi connectivity index (χ3n) is 4.25. The highest BCUT2D eigenvalue weighted by Crippen LogP contribution is 2.36. The molecule has 154 valence electrons. The maximum absolute atomic E-state index is 11.3. The Bertz CT molecular complexity index is 1020. The number of ether oxygens (including phenoxy) is 3. The molecule has 1 atom stereocenters. The van der Waals surface area contributed by atoms with Crippen LogP contribution in [0.2, 0.25) is 0 Å². The Morgan fingerprint density at radius 2 is 2.03 bits per heavy atom. The van der Waals surface area contributed by atoms with Crippen LogP contribution in [0.5, 0.6) is 11.5 Å². The number of aryl methyl sites for hydroxylation is 1. The zero-order valence-corrected chi connectivity index (χ0v) is 19.0. The smallest absolute Gasteiger partial charge is 0.308 e. The number of nitrogens with zero attached hydrogens (tertiary/aromatic N) is 2. The predicted molar refractivity (Wildman–Crippen MR) is 117 cm³/mol. The largest absolute Gasteiger partial charge is 0.493 e. The number of carbonyl (C=O) groups is 1. The van der Waals surface area contributed by atoms with Crippen molar-refractivity contribution in [2.75, 3.05) is 26.1 Å². The lowest BCUT2D eigenvalue weighted by atomic mass is 10.2. The number of thiophene rings is 1. The average Bonchev–Trinajstić information content (AvgIpc) is 3.13. The Morgan fingerprint density at radius 3 is 2.69 bits per heavy atom. The quantitative estimate of drug-likeness (QED) is 0.460. The Labute approximate surface area is 181 Å². The van der Waals surface area contributed by atoms with Crippen molar-refractivity contribution >= 4 is 50.0 Å². The number of anilines is 1. The highest BCUT2D eigenvalue weighted by Gasteiger charge is 2.16. The first-order valence-corrected chi connectivity index (χ1v) is 10.6. The van der Waals surface area contributed by atoms with Crippen molar-refractivity contribution in [1.82, 2.24) is 9.97 Å². The SMILES string of the molecule is COC(=O)CCOc1cc2nc(C)nc(NC(C)c3cc(Br)cs3)c2cc1OC. The van der Waals surface area contributed by atoms with Gasteiger partial charge in [-0.15, -0.1) is 11.3 Å². The maximum atomic E-state index is 11.3. The van der Waals surface area contributed by atoms with Crippen molar-refractivity contribution in [3.8, 4) is 11.5 Å². The molecule has 0 aliphatic heterocycles. The fraction of sp³-hybridized carbons (Fsp3) is 0.350. The summed E-state index contributed by atoms with van der Waals surface area (Å²) in [6, 6.07) is 5.82. The van der Waals surface area contributed by atoms with E-state index in [1.54, 1.807) is 24.5 Å². The van der Waals surface area contributed by atoms with E-state index in [1.807, 2.05) is 13.0 Å². The van der Waals surface area contributed by atoms with E-state index in [9.17, 15) is 4.79 Å². The van der Waals surface area contributed by atoms with E-state index in [0.29, 0.717) is 17.3 Å². The Kier molecular flexibility index (Phi) is 6.92. The topological polar surface area (TPSA) is 82.6 Å². The van der Waals surface area contributed by atoms with Crippen LogP contribution in [0, 0.1) is 6.92 Å². The molecule has 29 heavy (non-hydrogen) atoms. The number of rotatable bonds is 8. The molecular weight excluding hydrogens is 458 g/mol. The summed E-state index contributed by atoms with van der Waals surface area (Å²) in [5.74, 6) is 2.10.